The Balaban J connectivity index is 2.27. The van der Waals surface area contributed by atoms with Crippen LogP contribution in [0, 0.1) is 5.92 Å². The molecule has 0 aliphatic rings. The first kappa shape index (κ1) is 14.1. The number of carbonyl (C=O) groups is 1. The number of nitrogens with two attached hydrogens (primary N) is 1. The molecule has 0 spiro atoms. The predicted molar refractivity (Wildman–Crippen MR) is 70.9 cm³/mol. The predicted octanol–water partition coefficient (Wildman–Crippen LogP) is 1.57. The molecule has 0 radical (unpaired) electrons. The third-order valence-electron chi connectivity index (χ3n) is 2.50. The minimum absolute atomic E-state index is 0.0640. The number of carbonyl (C=O) groups excluding carboxylic acids is 1. The van der Waals surface area contributed by atoms with Gasteiger partial charge < -0.3 is 11.1 Å². The highest BCUT2D eigenvalue weighted by Crippen LogP contribution is 2.06. The van der Waals surface area contributed by atoms with E-state index in [4.69, 9.17) is 5.73 Å². The van der Waals surface area contributed by atoms with Crippen molar-refractivity contribution >= 4 is 17.2 Å². The van der Waals surface area contributed by atoms with Crippen LogP contribution in [-0.2, 0) is 11.2 Å². The van der Waals surface area contributed by atoms with E-state index in [0.717, 1.165) is 12.1 Å². The average molecular weight is 255 g/mol. The first-order valence-electron chi connectivity index (χ1n) is 5.98. The zero-order valence-corrected chi connectivity index (χ0v) is 11.3. The van der Waals surface area contributed by atoms with Crippen LogP contribution >= 0.6 is 11.3 Å². The minimum atomic E-state index is 0.0640. The Kier molecular flexibility index (Phi) is 6.15. The molecule has 1 unspecified atom stereocenters. The number of rotatable bonds is 7. The normalized spacial score (nSPS) is 12.7. The van der Waals surface area contributed by atoms with Crippen LogP contribution in [0.2, 0.25) is 0 Å². The van der Waals surface area contributed by atoms with Gasteiger partial charge in [0.2, 0.25) is 5.91 Å². The van der Waals surface area contributed by atoms with E-state index in [1.54, 1.807) is 16.8 Å². The average Bonchev–Trinajstić information content (AvgIpc) is 2.77. The van der Waals surface area contributed by atoms with E-state index in [-0.39, 0.29) is 11.9 Å². The van der Waals surface area contributed by atoms with Crippen LogP contribution < -0.4 is 11.1 Å². The molecule has 3 N–H and O–H groups in total. The van der Waals surface area contributed by atoms with Gasteiger partial charge in [-0.2, -0.15) is 0 Å². The fraction of sp³-hybridized carbons (Fsp3) is 0.667. The lowest BCUT2D eigenvalue weighted by molar-refractivity contribution is -0.121. The maximum atomic E-state index is 11.7. The summed E-state index contributed by atoms with van der Waals surface area (Å²) in [5.41, 5.74) is 8.41. The third-order valence-corrected chi connectivity index (χ3v) is 3.13. The molecule has 0 aromatic carbocycles. The standard InChI is InChI=1S/C12H21N3OS/c1-9(2)5-11(6-13)15-12(16)4-3-10-7-17-8-14-10/h7-9,11H,3-6,13H2,1-2H3,(H,15,16). The molecule has 0 aliphatic heterocycles. The largest absolute Gasteiger partial charge is 0.352 e. The number of thiazole rings is 1. The molecule has 1 aromatic heterocycles. The second-order valence-corrected chi connectivity index (χ2v) is 5.33. The smallest absolute Gasteiger partial charge is 0.220 e. The van der Waals surface area contributed by atoms with Crippen molar-refractivity contribution in [1.29, 1.82) is 0 Å². The summed E-state index contributed by atoms with van der Waals surface area (Å²) in [4.78, 5) is 15.8. The van der Waals surface area contributed by atoms with Gasteiger partial charge in [-0.1, -0.05) is 13.8 Å². The van der Waals surface area contributed by atoms with E-state index < -0.39 is 0 Å². The lowest BCUT2D eigenvalue weighted by Crippen LogP contribution is -2.41. The number of amides is 1. The number of hydrogen-bond donors (Lipinski definition) is 2. The van der Waals surface area contributed by atoms with E-state index in [9.17, 15) is 4.79 Å². The Morgan fingerprint density at radius 1 is 1.59 bits per heavy atom. The lowest BCUT2D eigenvalue weighted by atomic mass is 10.0. The number of aromatic nitrogens is 1. The molecule has 5 heteroatoms. The van der Waals surface area contributed by atoms with Crippen molar-refractivity contribution in [3.8, 4) is 0 Å². The highest BCUT2D eigenvalue weighted by Gasteiger charge is 2.12. The first-order chi connectivity index (χ1) is 8.11. The molecule has 17 heavy (non-hydrogen) atoms. The number of nitrogens with one attached hydrogen (secondary N) is 1. The molecule has 1 amide bonds. The number of nitrogens with zero attached hydrogens (tertiary/aromatic N) is 1. The maximum Gasteiger partial charge on any atom is 0.220 e. The minimum Gasteiger partial charge on any atom is -0.352 e. The fourth-order valence-corrected chi connectivity index (χ4v) is 2.28. The molecule has 1 rings (SSSR count). The van der Waals surface area contributed by atoms with Crippen molar-refractivity contribution in [1.82, 2.24) is 10.3 Å². The van der Waals surface area contributed by atoms with Crippen molar-refractivity contribution in [3.63, 3.8) is 0 Å². The molecule has 0 saturated heterocycles. The second kappa shape index (κ2) is 7.40. The summed E-state index contributed by atoms with van der Waals surface area (Å²) in [5.74, 6) is 0.608. The van der Waals surface area contributed by atoms with Gasteiger partial charge in [0.25, 0.3) is 0 Å². The highest BCUT2D eigenvalue weighted by atomic mass is 32.1. The summed E-state index contributed by atoms with van der Waals surface area (Å²) in [6, 6.07) is 0.0953. The molecule has 1 atom stereocenters. The second-order valence-electron chi connectivity index (χ2n) is 4.61. The van der Waals surface area contributed by atoms with Crippen LogP contribution in [0.15, 0.2) is 10.9 Å². The SMILES string of the molecule is CC(C)CC(CN)NC(=O)CCc1cscn1. The van der Waals surface area contributed by atoms with E-state index >= 15 is 0 Å². The van der Waals surface area contributed by atoms with E-state index in [1.165, 1.54) is 0 Å². The quantitative estimate of drug-likeness (QED) is 0.777. The van der Waals surface area contributed by atoms with Crippen LogP contribution in [0.1, 0.15) is 32.4 Å². The Hall–Kier alpha value is -0.940. The summed E-state index contributed by atoms with van der Waals surface area (Å²) in [5, 5.41) is 4.95. The number of hydrogen-bond acceptors (Lipinski definition) is 4. The van der Waals surface area contributed by atoms with E-state index in [0.29, 0.717) is 25.3 Å². The molecule has 1 heterocycles. The molecule has 1 aromatic rings. The van der Waals surface area contributed by atoms with Crippen molar-refractivity contribution in [2.75, 3.05) is 6.54 Å². The van der Waals surface area contributed by atoms with Crippen LogP contribution in [0.3, 0.4) is 0 Å². The monoisotopic (exact) mass is 255 g/mol. The third kappa shape index (κ3) is 5.79. The summed E-state index contributed by atoms with van der Waals surface area (Å²) in [6.07, 6.45) is 2.12. The van der Waals surface area contributed by atoms with Gasteiger partial charge in [-0.05, 0) is 18.8 Å². The maximum absolute atomic E-state index is 11.7. The molecule has 0 saturated carbocycles. The van der Waals surface area contributed by atoms with Gasteiger partial charge in [0.15, 0.2) is 0 Å². The van der Waals surface area contributed by atoms with Crippen molar-refractivity contribution in [2.45, 2.75) is 39.2 Å². The Morgan fingerprint density at radius 2 is 2.35 bits per heavy atom. The van der Waals surface area contributed by atoms with Gasteiger partial charge in [-0.15, -0.1) is 11.3 Å². The fourth-order valence-electron chi connectivity index (χ4n) is 1.69. The van der Waals surface area contributed by atoms with Crippen LogP contribution in [-0.4, -0.2) is 23.5 Å². The Bertz CT molecular complexity index is 325. The molecule has 0 fully saturated rings. The van der Waals surface area contributed by atoms with Crippen LogP contribution in [0.25, 0.3) is 0 Å². The van der Waals surface area contributed by atoms with Crippen molar-refractivity contribution in [2.24, 2.45) is 11.7 Å². The van der Waals surface area contributed by atoms with Gasteiger partial charge in [0.05, 0.1) is 11.2 Å². The zero-order valence-electron chi connectivity index (χ0n) is 10.5. The Morgan fingerprint density at radius 3 is 2.88 bits per heavy atom. The highest BCUT2D eigenvalue weighted by molar-refractivity contribution is 7.07. The zero-order chi connectivity index (χ0) is 12.7. The summed E-state index contributed by atoms with van der Waals surface area (Å²) < 4.78 is 0. The first-order valence-corrected chi connectivity index (χ1v) is 6.92. The van der Waals surface area contributed by atoms with Crippen molar-refractivity contribution < 1.29 is 4.79 Å². The molecule has 4 nitrogen and oxygen atoms in total. The number of aryl methyl sites for hydroxylation is 1. The molecular formula is C12H21N3OS. The Labute approximate surface area is 107 Å². The summed E-state index contributed by atoms with van der Waals surface area (Å²) >= 11 is 1.56. The van der Waals surface area contributed by atoms with Gasteiger partial charge in [0.1, 0.15) is 0 Å². The van der Waals surface area contributed by atoms with Crippen LogP contribution in [0.4, 0.5) is 0 Å². The summed E-state index contributed by atoms with van der Waals surface area (Å²) in [6.45, 7) is 4.76. The lowest BCUT2D eigenvalue weighted by Gasteiger charge is -2.18. The molecule has 0 aliphatic carbocycles. The van der Waals surface area contributed by atoms with Gasteiger partial charge in [-0.25, -0.2) is 4.98 Å². The van der Waals surface area contributed by atoms with Crippen LogP contribution in [0.5, 0.6) is 0 Å². The van der Waals surface area contributed by atoms with Gasteiger partial charge in [0, 0.05) is 24.4 Å². The van der Waals surface area contributed by atoms with Gasteiger partial charge >= 0.3 is 0 Å². The molecule has 0 bridgehead atoms. The molecular weight excluding hydrogens is 234 g/mol. The van der Waals surface area contributed by atoms with Crippen molar-refractivity contribution in [3.05, 3.63) is 16.6 Å². The topological polar surface area (TPSA) is 68.0 Å². The van der Waals surface area contributed by atoms with E-state index in [1.807, 2.05) is 5.38 Å². The summed E-state index contributed by atoms with van der Waals surface area (Å²) in [7, 11) is 0. The van der Waals surface area contributed by atoms with E-state index in [2.05, 4.69) is 24.1 Å². The molecule has 96 valence electrons. The van der Waals surface area contributed by atoms with Gasteiger partial charge in [-0.3, -0.25) is 4.79 Å².